The van der Waals surface area contributed by atoms with Gasteiger partial charge in [-0.05, 0) is 50.6 Å². The fraction of sp³-hybridized carbons (Fsp3) is 0.269. The van der Waals surface area contributed by atoms with Crippen LogP contribution in [0.15, 0.2) is 71.1 Å². The van der Waals surface area contributed by atoms with E-state index in [0.717, 1.165) is 0 Å². The van der Waals surface area contributed by atoms with Gasteiger partial charge in [-0.15, -0.1) is 0 Å². The third kappa shape index (κ3) is 5.60. The van der Waals surface area contributed by atoms with Crippen LogP contribution in [0.5, 0.6) is 5.75 Å². The molecule has 0 aliphatic carbocycles. The Bertz CT molecular complexity index is 1260. The van der Waals surface area contributed by atoms with E-state index in [1.807, 2.05) is 0 Å². The number of carbonyl (C=O) groups excluding carboxylic acids is 3. The fourth-order valence-corrected chi connectivity index (χ4v) is 3.96. The molecule has 0 spiro atoms. The van der Waals surface area contributed by atoms with Gasteiger partial charge in [0.2, 0.25) is 0 Å². The van der Waals surface area contributed by atoms with Gasteiger partial charge in [0.1, 0.15) is 5.75 Å². The zero-order chi connectivity index (χ0) is 26.4. The minimum Gasteiger partial charge on any atom is -0.497 e. The normalized spacial score (nSPS) is 15.2. The van der Waals surface area contributed by atoms with Crippen LogP contribution in [0.3, 0.4) is 0 Å². The van der Waals surface area contributed by atoms with E-state index in [4.69, 9.17) is 14.2 Å². The third-order valence-electron chi connectivity index (χ3n) is 5.64. The number of nitro groups is 1. The Hall–Kier alpha value is -4.47. The topological polar surface area (TPSA) is 134 Å². The molecule has 2 aromatic carbocycles. The van der Waals surface area contributed by atoms with E-state index in [0.29, 0.717) is 28.3 Å². The lowest BCUT2D eigenvalue weighted by Gasteiger charge is -2.30. The standard InChI is InChI=1S/C26H26N2O8/c1-5-35-25(30)22-15(2)27-16(3)23(24(22)18-7-6-8-19(13-18)28(32)33)26(31)36-14-21(29)17-9-11-20(34-4)12-10-17/h6-13,24,27H,5,14H2,1-4H3/t24-/m0/s1. The Kier molecular flexibility index (Phi) is 8.21. The van der Waals surface area contributed by atoms with Crippen LogP contribution in [0, 0.1) is 10.1 Å². The molecule has 10 heteroatoms. The van der Waals surface area contributed by atoms with E-state index in [1.54, 1.807) is 51.1 Å². The molecule has 1 N–H and O–H groups in total. The molecule has 0 radical (unpaired) electrons. The van der Waals surface area contributed by atoms with Crippen molar-refractivity contribution in [3.8, 4) is 5.75 Å². The van der Waals surface area contributed by atoms with E-state index < -0.39 is 35.2 Å². The average Bonchev–Trinajstić information content (AvgIpc) is 2.86. The summed E-state index contributed by atoms with van der Waals surface area (Å²) in [6, 6.07) is 12.0. The fourth-order valence-electron chi connectivity index (χ4n) is 3.96. The van der Waals surface area contributed by atoms with Crippen molar-refractivity contribution >= 4 is 23.4 Å². The highest BCUT2D eigenvalue weighted by molar-refractivity contribution is 6.02. The largest absolute Gasteiger partial charge is 0.497 e. The highest BCUT2D eigenvalue weighted by Crippen LogP contribution is 2.40. The summed E-state index contributed by atoms with van der Waals surface area (Å²) in [5.41, 5.74) is 1.46. The SMILES string of the molecule is CCOC(=O)C1=C(C)NC(C)=C(C(=O)OCC(=O)c2ccc(OC)cc2)[C@H]1c1cccc([N+](=O)[O-])c1. The van der Waals surface area contributed by atoms with Crippen molar-refractivity contribution in [3.63, 3.8) is 0 Å². The molecule has 0 saturated heterocycles. The molecule has 1 aliphatic heterocycles. The molecule has 0 unspecified atom stereocenters. The van der Waals surface area contributed by atoms with Crippen LogP contribution in [-0.2, 0) is 19.1 Å². The van der Waals surface area contributed by atoms with Gasteiger partial charge in [0.15, 0.2) is 12.4 Å². The number of nitrogens with zero attached hydrogens (tertiary/aromatic N) is 1. The molecule has 0 saturated carbocycles. The summed E-state index contributed by atoms with van der Waals surface area (Å²) >= 11 is 0. The monoisotopic (exact) mass is 494 g/mol. The maximum atomic E-state index is 13.3. The number of dihydropyridines is 1. The second kappa shape index (κ2) is 11.3. The minimum absolute atomic E-state index is 0.0479. The van der Waals surface area contributed by atoms with Gasteiger partial charge in [-0.2, -0.15) is 0 Å². The Balaban J connectivity index is 1.96. The van der Waals surface area contributed by atoms with Crippen molar-refractivity contribution in [2.45, 2.75) is 26.7 Å². The lowest BCUT2D eigenvalue weighted by Crippen LogP contribution is -2.33. The van der Waals surface area contributed by atoms with E-state index in [9.17, 15) is 24.5 Å². The molecule has 0 fully saturated rings. The number of non-ortho nitro benzene ring substituents is 1. The Morgan fingerprint density at radius 1 is 0.972 bits per heavy atom. The zero-order valence-electron chi connectivity index (χ0n) is 20.3. The molecule has 10 nitrogen and oxygen atoms in total. The van der Waals surface area contributed by atoms with Crippen LogP contribution in [0.2, 0.25) is 0 Å². The van der Waals surface area contributed by atoms with Crippen molar-refractivity contribution in [2.24, 2.45) is 0 Å². The minimum atomic E-state index is -1.01. The first-order valence-electron chi connectivity index (χ1n) is 11.1. The smallest absolute Gasteiger partial charge is 0.337 e. The van der Waals surface area contributed by atoms with Crippen molar-refractivity contribution in [3.05, 3.63) is 92.3 Å². The number of methoxy groups -OCH3 is 1. The van der Waals surface area contributed by atoms with Gasteiger partial charge in [-0.1, -0.05) is 12.1 Å². The summed E-state index contributed by atoms with van der Waals surface area (Å²) in [5, 5.41) is 14.4. The molecule has 1 aliphatic rings. The number of ether oxygens (including phenoxy) is 3. The lowest BCUT2D eigenvalue weighted by atomic mass is 9.80. The van der Waals surface area contributed by atoms with Gasteiger partial charge in [-0.3, -0.25) is 14.9 Å². The molecular formula is C26H26N2O8. The van der Waals surface area contributed by atoms with E-state index >= 15 is 0 Å². The predicted octanol–water partition coefficient (Wildman–Crippen LogP) is 3.83. The quantitative estimate of drug-likeness (QED) is 0.239. The van der Waals surface area contributed by atoms with Gasteiger partial charge < -0.3 is 19.5 Å². The van der Waals surface area contributed by atoms with Crippen LogP contribution >= 0.6 is 0 Å². The number of Topliss-reactive ketones (excluding diaryl/α,β-unsaturated/α-hetero) is 1. The van der Waals surface area contributed by atoms with Crippen LogP contribution in [-0.4, -0.2) is 43.0 Å². The molecular weight excluding hydrogens is 468 g/mol. The van der Waals surface area contributed by atoms with Gasteiger partial charge >= 0.3 is 11.9 Å². The number of hydrogen-bond acceptors (Lipinski definition) is 9. The maximum Gasteiger partial charge on any atom is 0.337 e. The second-order valence-electron chi connectivity index (χ2n) is 7.94. The number of nitro benzene ring substituents is 1. The first-order chi connectivity index (χ1) is 17.2. The number of ketones is 1. The molecule has 188 valence electrons. The number of nitrogens with one attached hydrogen (secondary N) is 1. The first-order valence-corrected chi connectivity index (χ1v) is 11.1. The Labute approximate surface area is 207 Å². The van der Waals surface area contributed by atoms with Crippen molar-refractivity contribution in [2.75, 3.05) is 20.3 Å². The molecule has 36 heavy (non-hydrogen) atoms. The average molecular weight is 495 g/mol. The van der Waals surface area contributed by atoms with E-state index in [1.165, 1.54) is 25.3 Å². The summed E-state index contributed by atoms with van der Waals surface area (Å²) in [6.45, 7) is 4.47. The summed E-state index contributed by atoms with van der Waals surface area (Å²) in [5.74, 6) is -2.38. The zero-order valence-corrected chi connectivity index (χ0v) is 20.3. The Morgan fingerprint density at radius 2 is 1.58 bits per heavy atom. The number of hydrogen-bond donors (Lipinski definition) is 1. The maximum absolute atomic E-state index is 13.3. The van der Waals surface area contributed by atoms with Crippen LogP contribution in [0.1, 0.15) is 42.6 Å². The molecule has 0 bridgehead atoms. The number of esters is 2. The van der Waals surface area contributed by atoms with Crippen LogP contribution < -0.4 is 10.1 Å². The van der Waals surface area contributed by atoms with Crippen LogP contribution in [0.4, 0.5) is 5.69 Å². The molecule has 1 heterocycles. The van der Waals surface area contributed by atoms with Crippen LogP contribution in [0.25, 0.3) is 0 Å². The molecule has 0 aromatic heterocycles. The summed E-state index contributed by atoms with van der Waals surface area (Å²) in [4.78, 5) is 49.6. The van der Waals surface area contributed by atoms with Gasteiger partial charge in [-0.25, -0.2) is 9.59 Å². The summed E-state index contributed by atoms with van der Waals surface area (Å²) < 4.78 is 15.6. The first kappa shape index (κ1) is 26.1. The van der Waals surface area contributed by atoms with E-state index in [-0.39, 0.29) is 23.4 Å². The number of carbonyl (C=O) groups is 3. The predicted molar refractivity (Wildman–Crippen MR) is 129 cm³/mol. The summed E-state index contributed by atoms with van der Waals surface area (Å²) in [7, 11) is 1.51. The molecule has 2 aromatic rings. The highest BCUT2D eigenvalue weighted by atomic mass is 16.6. The Morgan fingerprint density at radius 3 is 2.14 bits per heavy atom. The number of benzene rings is 2. The third-order valence-corrected chi connectivity index (χ3v) is 5.64. The number of rotatable bonds is 9. The highest BCUT2D eigenvalue weighted by Gasteiger charge is 2.38. The summed E-state index contributed by atoms with van der Waals surface area (Å²) in [6.07, 6.45) is 0. The van der Waals surface area contributed by atoms with E-state index in [2.05, 4.69) is 5.32 Å². The number of allylic oxidation sites excluding steroid dienone is 2. The van der Waals surface area contributed by atoms with Gasteiger partial charge in [0, 0.05) is 29.1 Å². The van der Waals surface area contributed by atoms with Gasteiger partial charge in [0.25, 0.3) is 5.69 Å². The lowest BCUT2D eigenvalue weighted by molar-refractivity contribution is -0.384. The molecule has 3 rings (SSSR count). The van der Waals surface area contributed by atoms with Crippen molar-refractivity contribution in [1.82, 2.24) is 5.32 Å². The van der Waals surface area contributed by atoms with Crippen molar-refractivity contribution in [1.29, 1.82) is 0 Å². The molecule has 1 atom stereocenters. The van der Waals surface area contributed by atoms with Gasteiger partial charge in [0.05, 0.1) is 35.7 Å². The second-order valence-corrected chi connectivity index (χ2v) is 7.94. The molecule has 0 amide bonds. The van der Waals surface area contributed by atoms with Crippen molar-refractivity contribution < 1.29 is 33.5 Å².